The van der Waals surface area contributed by atoms with Gasteiger partial charge in [0.25, 0.3) is 11.5 Å². The Morgan fingerprint density at radius 3 is 2.88 bits per heavy atom. The Morgan fingerprint density at radius 2 is 2.12 bits per heavy atom. The maximum Gasteiger partial charge on any atom is 0.274 e. The monoisotopic (exact) mass is 337 g/mol. The van der Waals surface area contributed by atoms with Crippen molar-refractivity contribution in [3.63, 3.8) is 0 Å². The number of aromatic amines is 1. The molecule has 1 aliphatic rings. The average Bonchev–Trinajstić information content (AvgIpc) is 3.32. The van der Waals surface area contributed by atoms with E-state index < -0.39 is 0 Å². The number of H-pyrrole nitrogens is 1. The van der Waals surface area contributed by atoms with Crippen LogP contribution in [-0.2, 0) is 0 Å². The van der Waals surface area contributed by atoms with Gasteiger partial charge >= 0.3 is 0 Å². The van der Waals surface area contributed by atoms with E-state index in [9.17, 15) is 9.59 Å². The Balaban J connectivity index is 1.59. The summed E-state index contributed by atoms with van der Waals surface area (Å²) in [7, 11) is 0. The Morgan fingerprint density at radius 1 is 1.28 bits per heavy atom. The molecule has 1 N–H and O–H groups in total. The van der Waals surface area contributed by atoms with Crippen molar-refractivity contribution >= 4 is 5.91 Å². The molecule has 0 saturated carbocycles. The predicted octanol–water partition coefficient (Wildman–Crippen LogP) is 1.80. The highest BCUT2D eigenvalue weighted by atomic mass is 16.5. The summed E-state index contributed by atoms with van der Waals surface area (Å²) in [4.78, 5) is 36.3. The van der Waals surface area contributed by atoms with E-state index in [0.29, 0.717) is 18.3 Å². The number of likely N-dealkylation sites (tertiary alicyclic amines) is 1. The van der Waals surface area contributed by atoms with Gasteiger partial charge in [-0.05, 0) is 12.8 Å². The molecule has 0 aliphatic carbocycles. The van der Waals surface area contributed by atoms with E-state index in [-0.39, 0.29) is 23.2 Å². The molecule has 3 aromatic rings. The molecule has 4 rings (SSSR count). The molecule has 25 heavy (non-hydrogen) atoms. The van der Waals surface area contributed by atoms with Gasteiger partial charge in [0.05, 0.1) is 6.20 Å². The average molecular weight is 337 g/mol. The largest absolute Gasteiger partial charge is 0.337 e. The molecule has 2 aromatic heterocycles. The molecule has 8 nitrogen and oxygen atoms in total. The molecule has 8 heteroatoms. The van der Waals surface area contributed by atoms with E-state index >= 15 is 0 Å². The van der Waals surface area contributed by atoms with Crippen LogP contribution < -0.4 is 5.56 Å². The van der Waals surface area contributed by atoms with Gasteiger partial charge in [0.2, 0.25) is 11.7 Å². The summed E-state index contributed by atoms with van der Waals surface area (Å²) in [6.07, 6.45) is 4.00. The fourth-order valence-electron chi connectivity index (χ4n) is 2.95. The van der Waals surface area contributed by atoms with Crippen molar-refractivity contribution in [2.75, 3.05) is 6.54 Å². The molecule has 126 valence electrons. The van der Waals surface area contributed by atoms with E-state index in [2.05, 4.69) is 20.1 Å². The molecule has 0 spiro atoms. The Hall–Kier alpha value is -3.29. The van der Waals surface area contributed by atoms with Crippen LogP contribution in [-0.4, -0.2) is 37.5 Å². The molecule has 0 unspecified atom stereocenters. The lowest BCUT2D eigenvalue weighted by atomic mass is 10.2. The highest BCUT2D eigenvalue weighted by molar-refractivity contribution is 5.92. The second kappa shape index (κ2) is 6.31. The van der Waals surface area contributed by atoms with Gasteiger partial charge in [-0.25, -0.2) is 4.98 Å². The number of hydrogen-bond acceptors (Lipinski definition) is 6. The number of carbonyl (C=O) groups excluding carboxylic acids is 1. The number of aromatic nitrogens is 4. The third-order valence-electron chi connectivity index (χ3n) is 4.16. The quantitative estimate of drug-likeness (QED) is 0.781. The summed E-state index contributed by atoms with van der Waals surface area (Å²) in [5, 5.41) is 4.02. The van der Waals surface area contributed by atoms with Crippen LogP contribution in [0.4, 0.5) is 0 Å². The van der Waals surface area contributed by atoms with Crippen molar-refractivity contribution in [3.05, 3.63) is 64.7 Å². The Bertz CT molecular complexity index is 930. The van der Waals surface area contributed by atoms with Crippen LogP contribution in [0.1, 0.15) is 35.3 Å². The fraction of sp³-hybridized carbons (Fsp3) is 0.235. The van der Waals surface area contributed by atoms with E-state index in [4.69, 9.17) is 4.52 Å². The van der Waals surface area contributed by atoms with E-state index in [0.717, 1.165) is 24.6 Å². The number of nitrogens with one attached hydrogen (secondary N) is 1. The molecule has 0 radical (unpaired) electrons. The van der Waals surface area contributed by atoms with Crippen molar-refractivity contribution in [3.8, 4) is 11.4 Å². The SMILES string of the molecule is O=C(c1c[nH]c(=O)cn1)N1CCC[C@H]1c1nc(-c2ccccc2)no1. The van der Waals surface area contributed by atoms with Crippen LogP contribution in [0, 0.1) is 0 Å². The smallest absolute Gasteiger partial charge is 0.274 e. The van der Waals surface area contributed by atoms with E-state index in [1.807, 2.05) is 30.3 Å². The highest BCUT2D eigenvalue weighted by Gasteiger charge is 2.35. The van der Waals surface area contributed by atoms with Crippen LogP contribution in [0.25, 0.3) is 11.4 Å². The Labute approximate surface area is 142 Å². The highest BCUT2D eigenvalue weighted by Crippen LogP contribution is 2.32. The van der Waals surface area contributed by atoms with E-state index in [1.54, 1.807) is 4.90 Å². The van der Waals surface area contributed by atoms with Crippen LogP contribution in [0.15, 0.2) is 52.0 Å². The molecule has 1 amide bonds. The summed E-state index contributed by atoms with van der Waals surface area (Å²) < 4.78 is 5.41. The van der Waals surface area contributed by atoms with Crippen LogP contribution >= 0.6 is 0 Å². The summed E-state index contributed by atoms with van der Waals surface area (Å²) in [6.45, 7) is 0.577. The van der Waals surface area contributed by atoms with Crippen molar-refractivity contribution < 1.29 is 9.32 Å². The third-order valence-corrected chi connectivity index (χ3v) is 4.16. The van der Waals surface area contributed by atoms with Crippen molar-refractivity contribution in [2.24, 2.45) is 0 Å². The number of nitrogens with zero attached hydrogens (tertiary/aromatic N) is 4. The zero-order valence-corrected chi connectivity index (χ0v) is 13.3. The molecule has 1 saturated heterocycles. The molecular formula is C17H15N5O3. The minimum Gasteiger partial charge on any atom is -0.337 e. The standard InChI is InChI=1S/C17H15N5O3/c23-14-10-18-12(9-19-14)17(24)22-8-4-7-13(22)16-20-15(21-25-16)11-5-2-1-3-6-11/h1-3,5-6,9-10,13H,4,7-8H2,(H,19,23)/t13-/m0/s1. The number of benzene rings is 1. The van der Waals surface area contributed by atoms with Crippen molar-refractivity contribution in [1.29, 1.82) is 0 Å². The zero-order valence-electron chi connectivity index (χ0n) is 13.3. The van der Waals surface area contributed by atoms with Gasteiger partial charge in [0.1, 0.15) is 11.7 Å². The number of rotatable bonds is 3. The number of carbonyl (C=O) groups is 1. The molecule has 1 atom stereocenters. The lowest BCUT2D eigenvalue weighted by molar-refractivity contribution is 0.0703. The summed E-state index contributed by atoms with van der Waals surface area (Å²) in [5.41, 5.74) is 0.698. The van der Waals surface area contributed by atoms with Crippen LogP contribution in [0.5, 0.6) is 0 Å². The van der Waals surface area contributed by atoms with Crippen molar-refractivity contribution in [1.82, 2.24) is 25.0 Å². The first-order chi connectivity index (χ1) is 12.2. The summed E-state index contributed by atoms with van der Waals surface area (Å²) in [6, 6.07) is 9.23. The third kappa shape index (κ3) is 2.93. The minimum atomic E-state index is -0.348. The lowest BCUT2D eigenvalue weighted by Gasteiger charge is -2.21. The first-order valence-corrected chi connectivity index (χ1v) is 7.97. The van der Waals surface area contributed by atoms with Gasteiger partial charge in [-0.3, -0.25) is 9.59 Å². The first kappa shape index (κ1) is 15.3. The van der Waals surface area contributed by atoms with Crippen molar-refractivity contribution in [2.45, 2.75) is 18.9 Å². The second-order valence-electron chi connectivity index (χ2n) is 5.78. The normalized spacial score (nSPS) is 17.0. The van der Waals surface area contributed by atoms with E-state index in [1.165, 1.54) is 6.20 Å². The summed E-state index contributed by atoms with van der Waals surface area (Å²) in [5.74, 6) is 0.643. The van der Waals surface area contributed by atoms with Gasteiger partial charge in [-0.15, -0.1) is 0 Å². The number of hydrogen-bond donors (Lipinski definition) is 1. The van der Waals surface area contributed by atoms with Gasteiger partial charge in [0, 0.05) is 18.3 Å². The topological polar surface area (TPSA) is 105 Å². The maximum atomic E-state index is 12.7. The minimum absolute atomic E-state index is 0.189. The molecular weight excluding hydrogens is 322 g/mol. The van der Waals surface area contributed by atoms with Gasteiger partial charge < -0.3 is 14.4 Å². The van der Waals surface area contributed by atoms with Gasteiger partial charge in [-0.1, -0.05) is 35.5 Å². The molecule has 0 bridgehead atoms. The fourth-order valence-corrected chi connectivity index (χ4v) is 2.95. The van der Waals surface area contributed by atoms with Gasteiger partial charge in [-0.2, -0.15) is 4.98 Å². The molecule has 1 fully saturated rings. The lowest BCUT2D eigenvalue weighted by Crippen LogP contribution is -2.32. The second-order valence-corrected chi connectivity index (χ2v) is 5.78. The zero-order chi connectivity index (χ0) is 17.2. The summed E-state index contributed by atoms with van der Waals surface area (Å²) >= 11 is 0. The van der Waals surface area contributed by atoms with Crippen LogP contribution in [0.3, 0.4) is 0 Å². The predicted molar refractivity (Wildman–Crippen MR) is 87.6 cm³/mol. The first-order valence-electron chi connectivity index (χ1n) is 7.97. The van der Waals surface area contributed by atoms with Gasteiger partial charge in [0.15, 0.2) is 0 Å². The van der Waals surface area contributed by atoms with Crippen LogP contribution in [0.2, 0.25) is 0 Å². The molecule has 1 aromatic carbocycles. The Kier molecular flexibility index (Phi) is 3.85. The molecule has 3 heterocycles. The molecule has 1 aliphatic heterocycles. The number of amides is 1. The maximum absolute atomic E-state index is 12.7.